The molecule has 0 aliphatic rings. The molecule has 196 valence electrons. The van der Waals surface area contributed by atoms with E-state index in [4.69, 9.17) is 4.43 Å². The topological polar surface area (TPSA) is 9.23 Å². The highest BCUT2D eigenvalue weighted by Gasteiger charge is 2.22. The van der Waals surface area contributed by atoms with Gasteiger partial charge in [-0.1, -0.05) is 166 Å². The summed E-state index contributed by atoms with van der Waals surface area (Å²) in [5.74, 6) is 1.03. The van der Waals surface area contributed by atoms with Crippen LogP contribution in [0.4, 0.5) is 0 Å². The van der Waals surface area contributed by atoms with Crippen LogP contribution in [0, 0.1) is 0 Å². The molecule has 0 amide bonds. The van der Waals surface area contributed by atoms with Gasteiger partial charge < -0.3 is 4.43 Å². The van der Waals surface area contributed by atoms with Crippen molar-refractivity contribution in [2.75, 3.05) is 0 Å². The van der Waals surface area contributed by atoms with Crippen molar-refractivity contribution in [1.29, 1.82) is 0 Å². The van der Waals surface area contributed by atoms with Crippen LogP contribution in [-0.2, 0) is 0 Å². The zero-order valence-electron chi connectivity index (χ0n) is 23.4. The van der Waals surface area contributed by atoms with Gasteiger partial charge in [-0.3, -0.25) is 0 Å². The Morgan fingerprint density at radius 3 is 1.75 bits per heavy atom. The van der Waals surface area contributed by atoms with Gasteiger partial charge in [0, 0.05) is 5.39 Å². The van der Waals surface area contributed by atoms with Crippen molar-refractivity contribution in [3.8, 4) is 5.75 Å². The Hall–Kier alpha value is -1.80. The highest BCUT2D eigenvalue weighted by molar-refractivity contribution is 6.33. The summed E-state index contributed by atoms with van der Waals surface area (Å²) < 4.78 is 6.44. The Morgan fingerprint density at radius 1 is 0.556 bits per heavy atom. The minimum atomic E-state index is 0.232. The third kappa shape index (κ3) is 9.92. The van der Waals surface area contributed by atoms with Gasteiger partial charge in [-0.15, -0.1) is 0 Å². The van der Waals surface area contributed by atoms with E-state index in [1.165, 1.54) is 124 Å². The van der Waals surface area contributed by atoms with Crippen LogP contribution in [0.5, 0.6) is 5.75 Å². The normalized spacial score (nSPS) is 12.0. The Labute approximate surface area is 224 Å². The molecule has 3 aromatic carbocycles. The summed E-state index contributed by atoms with van der Waals surface area (Å²) in [5, 5.41) is 5.34. The van der Waals surface area contributed by atoms with Crippen LogP contribution in [0.15, 0.2) is 54.6 Å². The number of hydrogen-bond donors (Lipinski definition) is 0. The standard InChI is InChI=1S/C34H50OSi/c1-4-5-6-7-8-9-10-11-12-13-14-15-16-17-20-28-34(2,3)36-35-33-25-21-24-31-30-23-19-18-22-29(30)26-27-32(31)33/h18-19,21-27H,4-17,20,28H2,1-3H3. The maximum absolute atomic E-state index is 6.44. The van der Waals surface area contributed by atoms with Gasteiger partial charge >= 0.3 is 9.76 Å². The van der Waals surface area contributed by atoms with E-state index >= 15 is 0 Å². The van der Waals surface area contributed by atoms with Crippen LogP contribution in [0.2, 0.25) is 5.04 Å². The van der Waals surface area contributed by atoms with E-state index in [0.717, 1.165) is 5.75 Å². The molecule has 0 aliphatic heterocycles. The Kier molecular flexibility index (Phi) is 12.9. The molecule has 0 bridgehead atoms. The van der Waals surface area contributed by atoms with Gasteiger partial charge in [0.05, 0.1) is 0 Å². The Bertz CT molecular complexity index is 1010. The monoisotopic (exact) mass is 502 g/mol. The minimum absolute atomic E-state index is 0.232. The van der Waals surface area contributed by atoms with Crippen molar-refractivity contribution in [3.05, 3.63) is 54.6 Å². The van der Waals surface area contributed by atoms with Gasteiger partial charge in [-0.25, -0.2) is 0 Å². The molecule has 3 rings (SSSR count). The average Bonchev–Trinajstić information content (AvgIpc) is 2.89. The molecule has 2 radical (unpaired) electrons. The molecule has 0 aromatic heterocycles. The predicted molar refractivity (Wildman–Crippen MR) is 161 cm³/mol. The molecule has 1 nitrogen and oxygen atoms in total. The maximum atomic E-state index is 6.44. The molecular weight excluding hydrogens is 452 g/mol. The molecule has 0 saturated heterocycles. The van der Waals surface area contributed by atoms with Crippen LogP contribution < -0.4 is 4.43 Å². The van der Waals surface area contributed by atoms with E-state index in [-0.39, 0.29) is 5.04 Å². The van der Waals surface area contributed by atoms with E-state index in [0.29, 0.717) is 9.76 Å². The lowest BCUT2D eigenvalue weighted by molar-refractivity contribution is 0.475. The molecule has 36 heavy (non-hydrogen) atoms. The molecule has 0 saturated carbocycles. The minimum Gasteiger partial charge on any atom is -0.540 e. The number of unbranched alkanes of at least 4 members (excludes halogenated alkanes) is 14. The first-order valence-corrected chi connectivity index (χ1v) is 15.9. The lowest BCUT2D eigenvalue weighted by atomic mass is 10.0. The summed E-state index contributed by atoms with van der Waals surface area (Å²) in [7, 11) is 0.488. The van der Waals surface area contributed by atoms with Crippen LogP contribution in [0.1, 0.15) is 124 Å². The maximum Gasteiger partial charge on any atom is 0.317 e. The first-order valence-electron chi connectivity index (χ1n) is 15.0. The highest BCUT2D eigenvalue weighted by Crippen LogP contribution is 2.35. The second-order valence-electron chi connectivity index (χ2n) is 11.4. The summed E-state index contributed by atoms with van der Waals surface area (Å²) in [4.78, 5) is 0. The fraction of sp³-hybridized carbons (Fsp3) is 0.588. The van der Waals surface area contributed by atoms with Crippen molar-refractivity contribution >= 4 is 31.3 Å². The predicted octanol–water partition coefficient (Wildman–Crippen LogP) is 11.5. The number of rotatable bonds is 19. The number of benzene rings is 3. The van der Waals surface area contributed by atoms with E-state index in [1.807, 2.05) is 0 Å². The molecule has 3 aromatic rings. The van der Waals surface area contributed by atoms with Crippen molar-refractivity contribution in [2.24, 2.45) is 0 Å². The average molecular weight is 503 g/mol. The molecular formula is C34H50OSi. The third-order valence-corrected chi connectivity index (χ3v) is 8.71. The fourth-order valence-corrected chi connectivity index (χ4v) is 6.13. The summed E-state index contributed by atoms with van der Waals surface area (Å²) in [6, 6.07) is 19.6. The molecule has 0 aliphatic carbocycles. The van der Waals surface area contributed by atoms with E-state index < -0.39 is 0 Å². The Balaban J connectivity index is 1.26. The quantitative estimate of drug-likeness (QED) is 0.0899. The number of hydrogen-bond acceptors (Lipinski definition) is 1. The van der Waals surface area contributed by atoms with E-state index in [9.17, 15) is 0 Å². The molecule has 0 spiro atoms. The second kappa shape index (κ2) is 16.1. The summed E-state index contributed by atoms with van der Waals surface area (Å²) >= 11 is 0. The van der Waals surface area contributed by atoms with Gasteiger partial charge in [-0.2, -0.15) is 0 Å². The molecule has 2 heteroatoms. The van der Waals surface area contributed by atoms with Crippen molar-refractivity contribution in [3.63, 3.8) is 0 Å². The van der Waals surface area contributed by atoms with Gasteiger partial charge in [0.15, 0.2) is 0 Å². The molecule has 0 N–H and O–H groups in total. The SMILES string of the molecule is CCCCCCCCCCCCCCCCCC(C)(C)[Si]Oc1cccc2c1ccc1ccccc12. The van der Waals surface area contributed by atoms with Crippen LogP contribution in [0.3, 0.4) is 0 Å². The third-order valence-electron chi connectivity index (χ3n) is 7.59. The first kappa shape index (κ1) is 28.8. The zero-order valence-corrected chi connectivity index (χ0v) is 24.4. The lowest BCUT2D eigenvalue weighted by Crippen LogP contribution is -2.19. The fourth-order valence-electron chi connectivity index (χ4n) is 5.28. The second-order valence-corrected chi connectivity index (χ2v) is 13.2. The summed E-state index contributed by atoms with van der Waals surface area (Å²) in [5.41, 5.74) is 0. The van der Waals surface area contributed by atoms with Gasteiger partial charge in [0.1, 0.15) is 5.75 Å². The van der Waals surface area contributed by atoms with Crippen molar-refractivity contribution in [2.45, 2.75) is 129 Å². The molecule has 0 fully saturated rings. The van der Waals surface area contributed by atoms with Gasteiger partial charge in [0.2, 0.25) is 0 Å². The first-order chi connectivity index (χ1) is 17.6. The largest absolute Gasteiger partial charge is 0.540 e. The number of fused-ring (bicyclic) bond motifs is 3. The smallest absolute Gasteiger partial charge is 0.317 e. The van der Waals surface area contributed by atoms with E-state index in [2.05, 4.69) is 75.4 Å². The van der Waals surface area contributed by atoms with E-state index in [1.54, 1.807) is 0 Å². The Morgan fingerprint density at radius 2 is 1.11 bits per heavy atom. The van der Waals surface area contributed by atoms with Gasteiger partial charge in [-0.05, 0) is 33.7 Å². The molecule has 0 atom stereocenters. The lowest BCUT2D eigenvalue weighted by Gasteiger charge is -2.23. The highest BCUT2D eigenvalue weighted by atomic mass is 28.2. The van der Waals surface area contributed by atoms with Crippen LogP contribution in [-0.4, -0.2) is 9.76 Å². The van der Waals surface area contributed by atoms with Crippen molar-refractivity contribution in [1.82, 2.24) is 0 Å². The summed E-state index contributed by atoms with van der Waals surface area (Å²) in [6.45, 7) is 7.04. The summed E-state index contributed by atoms with van der Waals surface area (Å²) in [6.07, 6.45) is 22.6. The van der Waals surface area contributed by atoms with Crippen LogP contribution >= 0.6 is 0 Å². The van der Waals surface area contributed by atoms with Crippen molar-refractivity contribution < 1.29 is 4.43 Å². The molecule has 0 unspecified atom stereocenters. The van der Waals surface area contributed by atoms with Crippen LogP contribution in [0.25, 0.3) is 21.5 Å². The zero-order chi connectivity index (χ0) is 25.5. The molecule has 0 heterocycles. The van der Waals surface area contributed by atoms with Gasteiger partial charge in [0.25, 0.3) is 0 Å².